The summed E-state index contributed by atoms with van der Waals surface area (Å²) in [4.78, 5) is 16.7. The molecule has 1 heterocycles. The molecule has 5 nitrogen and oxygen atoms in total. The third-order valence-electron chi connectivity index (χ3n) is 4.21. The predicted octanol–water partition coefficient (Wildman–Crippen LogP) is 5.36. The van der Waals surface area contributed by atoms with Crippen molar-refractivity contribution in [3.63, 3.8) is 0 Å². The number of carbonyl (C=O) groups excluding carboxylic acids is 1. The van der Waals surface area contributed by atoms with Gasteiger partial charge in [-0.05, 0) is 61.4 Å². The second-order valence-corrected chi connectivity index (χ2v) is 6.60. The third kappa shape index (κ3) is 4.57. The van der Waals surface area contributed by atoms with Gasteiger partial charge in [-0.25, -0.2) is 0 Å². The van der Waals surface area contributed by atoms with Gasteiger partial charge in [0.2, 0.25) is 0 Å². The number of aromatic nitrogens is 1. The standard InChI is InChI=1S/C21H20ClN3O2/c1-13-4-5-16(8-14(13)2)24-18-9-15(11-23-12-18)21(26)25-17-6-7-20(27-3)19(22)10-17/h4-12,24H,1-3H3,(H,25,26). The van der Waals surface area contributed by atoms with Crippen LogP contribution in [-0.4, -0.2) is 18.0 Å². The van der Waals surface area contributed by atoms with E-state index in [4.69, 9.17) is 16.3 Å². The molecule has 27 heavy (non-hydrogen) atoms. The van der Waals surface area contributed by atoms with Crippen LogP contribution in [-0.2, 0) is 0 Å². The highest BCUT2D eigenvalue weighted by molar-refractivity contribution is 6.32. The molecule has 0 fully saturated rings. The van der Waals surface area contributed by atoms with Crippen LogP contribution >= 0.6 is 11.6 Å². The summed E-state index contributed by atoms with van der Waals surface area (Å²) in [6, 6.07) is 12.9. The second-order valence-electron chi connectivity index (χ2n) is 6.19. The Morgan fingerprint density at radius 3 is 2.44 bits per heavy atom. The maximum Gasteiger partial charge on any atom is 0.257 e. The van der Waals surface area contributed by atoms with Crippen molar-refractivity contribution in [3.05, 3.63) is 76.6 Å². The van der Waals surface area contributed by atoms with E-state index in [0.29, 0.717) is 22.0 Å². The highest BCUT2D eigenvalue weighted by atomic mass is 35.5. The van der Waals surface area contributed by atoms with Crippen molar-refractivity contribution in [3.8, 4) is 5.75 Å². The van der Waals surface area contributed by atoms with E-state index < -0.39 is 0 Å². The van der Waals surface area contributed by atoms with Gasteiger partial charge in [0.1, 0.15) is 5.75 Å². The normalized spacial score (nSPS) is 10.4. The van der Waals surface area contributed by atoms with Crippen LogP contribution in [0.4, 0.5) is 17.1 Å². The second kappa shape index (κ2) is 8.10. The minimum atomic E-state index is -0.271. The molecule has 6 heteroatoms. The van der Waals surface area contributed by atoms with Gasteiger partial charge >= 0.3 is 0 Å². The van der Waals surface area contributed by atoms with Crippen LogP contribution in [0.5, 0.6) is 5.75 Å². The van der Waals surface area contributed by atoms with Crippen molar-refractivity contribution in [2.45, 2.75) is 13.8 Å². The van der Waals surface area contributed by atoms with Gasteiger partial charge in [-0.2, -0.15) is 0 Å². The molecule has 0 saturated heterocycles. The minimum absolute atomic E-state index is 0.271. The highest BCUT2D eigenvalue weighted by Gasteiger charge is 2.10. The summed E-state index contributed by atoms with van der Waals surface area (Å²) in [7, 11) is 1.54. The lowest BCUT2D eigenvalue weighted by molar-refractivity contribution is 0.102. The Hall–Kier alpha value is -3.05. The van der Waals surface area contributed by atoms with Crippen molar-refractivity contribution in [2.75, 3.05) is 17.7 Å². The third-order valence-corrected chi connectivity index (χ3v) is 4.50. The number of halogens is 1. The first kappa shape index (κ1) is 18.7. The maximum absolute atomic E-state index is 12.5. The van der Waals surface area contributed by atoms with Crippen LogP contribution in [0.2, 0.25) is 5.02 Å². The van der Waals surface area contributed by atoms with Crippen LogP contribution in [0.3, 0.4) is 0 Å². The summed E-state index contributed by atoms with van der Waals surface area (Å²) in [6.45, 7) is 4.12. The SMILES string of the molecule is COc1ccc(NC(=O)c2cncc(Nc3ccc(C)c(C)c3)c2)cc1Cl. The van der Waals surface area contributed by atoms with Crippen LogP contribution < -0.4 is 15.4 Å². The van der Waals surface area contributed by atoms with E-state index in [1.165, 1.54) is 17.3 Å². The molecule has 2 aromatic carbocycles. The van der Waals surface area contributed by atoms with E-state index in [1.807, 2.05) is 6.07 Å². The van der Waals surface area contributed by atoms with E-state index in [-0.39, 0.29) is 5.91 Å². The Labute approximate surface area is 163 Å². The number of benzene rings is 2. The zero-order chi connectivity index (χ0) is 19.4. The highest BCUT2D eigenvalue weighted by Crippen LogP contribution is 2.27. The molecule has 3 rings (SSSR count). The Morgan fingerprint density at radius 2 is 1.74 bits per heavy atom. The number of ether oxygens (including phenoxy) is 1. The monoisotopic (exact) mass is 381 g/mol. The van der Waals surface area contributed by atoms with E-state index in [0.717, 1.165) is 11.4 Å². The van der Waals surface area contributed by atoms with Crippen molar-refractivity contribution in [2.24, 2.45) is 0 Å². The van der Waals surface area contributed by atoms with Crippen molar-refractivity contribution >= 4 is 34.6 Å². The molecule has 138 valence electrons. The molecule has 1 amide bonds. The number of amides is 1. The number of nitrogens with zero attached hydrogens (tertiary/aromatic N) is 1. The zero-order valence-electron chi connectivity index (χ0n) is 15.3. The number of hydrogen-bond acceptors (Lipinski definition) is 4. The summed E-state index contributed by atoms with van der Waals surface area (Å²) < 4.78 is 5.11. The molecule has 0 aliphatic heterocycles. The first-order valence-corrected chi connectivity index (χ1v) is 8.78. The van der Waals surface area contributed by atoms with Crippen molar-refractivity contribution < 1.29 is 9.53 Å². The van der Waals surface area contributed by atoms with Crippen LogP contribution in [0.15, 0.2) is 54.9 Å². The van der Waals surface area contributed by atoms with Gasteiger partial charge in [-0.15, -0.1) is 0 Å². The molecule has 0 saturated carbocycles. The van der Waals surface area contributed by atoms with Gasteiger partial charge in [0.05, 0.1) is 29.6 Å². The number of pyridine rings is 1. The topological polar surface area (TPSA) is 63.2 Å². The number of hydrogen-bond donors (Lipinski definition) is 2. The molecule has 0 radical (unpaired) electrons. The Bertz CT molecular complexity index is 989. The van der Waals surface area contributed by atoms with Gasteiger partial charge in [0.15, 0.2) is 0 Å². The molecule has 3 aromatic rings. The average molecular weight is 382 g/mol. The number of nitrogens with one attached hydrogen (secondary N) is 2. The summed E-state index contributed by atoms with van der Waals surface area (Å²) in [5.41, 5.74) is 5.12. The zero-order valence-corrected chi connectivity index (χ0v) is 16.1. The molecule has 0 unspecified atom stereocenters. The smallest absolute Gasteiger partial charge is 0.257 e. The molecular formula is C21H20ClN3O2. The first-order valence-electron chi connectivity index (χ1n) is 8.40. The molecule has 0 spiro atoms. The van der Waals surface area contributed by atoms with Gasteiger partial charge in [-0.3, -0.25) is 9.78 Å². The molecular weight excluding hydrogens is 362 g/mol. The average Bonchev–Trinajstić information content (AvgIpc) is 2.65. The fourth-order valence-electron chi connectivity index (χ4n) is 2.57. The summed E-state index contributed by atoms with van der Waals surface area (Å²) in [5.74, 6) is 0.281. The molecule has 0 aliphatic carbocycles. The van der Waals surface area contributed by atoms with E-state index in [2.05, 4.69) is 41.6 Å². The molecule has 0 atom stereocenters. The van der Waals surface area contributed by atoms with Crippen LogP contribution in [0.1, 0.15) is 21.5 Å². The number of carbonyl (C=O) groups is 1. The fraction of sp³-hybridized carbons (Fsp3) is 0.143. The van der Waals surface area contributed by atoms with Crippen molar-refractivity contribution in [1.82, 2.24) is 4.98 Å². The number of methoxy groups -OCH3 is 1. The van der Waals surface area contributed by atoms with Crippen LogP contribution in [0.25, 0.3) is 0 Å². The number of rotatable bonds is 5. The molecule has 0 aliphatic rings. The summed E-state index contributed by atoms with van der Waals surface area (Å²) >= 11 is 6.10. The summed E-state index contributed by atoms with van der Waals surface area (Å²) in [5, 5.41) is 6.52. The number of aryl methyl sites for hydroxylation is 2. The van der Waals surface area contributed by atoms with E-state index in [9.17, 15) is 4.79 Å². The lowest BCUT2D eigenvalue weighted by Gasteiger charge is -2.11. The first-order chi connectivity index (χ1) is 13.0. The van der Waals surface area contributed by atoms with E-state index in [1.54, 1.807) is 37.6 Å². The molecule has 1 aromatic heterocycles. The molecule has 0 bridgehead atoms. The maximum atomic E-state index is 12.5. The lowest BCUT2D eigenvalue weighted by atomic mass is 10.1. The lowest BCUT2D eigenvalue weighted by Crippen LogP contribution is -2.12. The Balaban J connectivity index is 1.75. The van der Waals surface area contributed by atoms with Crippen molar-refractivity contribution in [1.29, 1.82) is 0 Å². The Kier molecular flexibility index (Phi) is 5.62. The Morgan fingerprint density at radius 1 is 0.963 bits per heavy atom. The largest absolute Gasteiger partial charge is 0.495 e. The quantitative estimate of drug-likeness (QED) is 0.624. The minimum Gasteiger partial charge on any atom is -0.495 e. The van der Waals surface area contributed by atoms with Gasteiger partial charge in [0.25, 0.3) is 5.91 Å². The van der Waals surface area contributed by atoms with Gasteiger partial charge in [0, 0.05) is 17.6 Å². The van der Waals surface area contributed by atoms with E-state index >= 15 is 0 Å². The summed E-state index contributed by atoms with van der Waals surface area (Å²) in [6.07, 6.45) is 3.20. The van der Waals surface area contributed by atoms with Gasteiger partial charge < -0.3 is 15.4 Å². The fourth-order valence-corrected chi connectivity index (χ4v) is 2.82. The van der Waals surface area contributed by atoms with Crippen LogP contribution in [0, 0.1) is 13.8 Å². The van der Waals surface area contributed by atoms with Gasteiger partial charge in [-0.1, -0.05) is 17.7 Å². The predicted molar refractivity (Wildman–Crippen MR) is 109 cm³/mol. The molecule has 2 N–H and O–H groups in total. The number of anilines is 3.